The third-order valence-corrected chi connectivity index (χ3v) is 5.46. The largest absolute Gasteiger partial charge is 0.312 e. The molecule has 3 heteroatoms. The lowest BCUT2D eigenvalue weighted by atomic mass is 9.76. The van der Waals surface area contributed by atoms with Crippen molar-refractivity contribution in [1.29, 1.82) is 0 Å². The summed E-state index contributed by atoms with van der Waals surface area (Å²) >= 11 is 6.21. The minimum atomic E-state index is 0.276. The van der Waals surface area contributed by atoms with E-state index in [2.05, 4.69) is 54.0 Å². The maximum absolute atomic E-state index is 6.21. The van der Waals surface area contributed by atoms with Gasteiger partial charge in [0.2, 0.25) is 0 Å². The maximum Gasteiger partial charge on any atom is 0.0450 e. The van der Waals surface area contributed by atoms with Crippen molar-refractivity contribution in [3.8, 4) is 0 Å². The van der Waals surface area contributed by atoms with Crippen LogP contribution in [0.5, 0.6) is 0 Å². The molecule has 0 aliphatic carbocycles. The van der Waals surface area contributed by atoms with Crippen molar-refractivity contribution < 1.29 is 0 Å². The Kier molecular flexibility index (Phi) is 5.37. The molecule has 122 valence electrons. The lowest BCUT2D eigenvalue weighted by molar-refractivity contribution is 0.435. The third-order valence-electron chi connectivity index (χ3n) is 5.09. The molecule has 1 fully saturated rings. The van der Waals surface area contributed by atoms with Crippen molar-refractivity contribution in [3.05, 3.63) is 70.7 Å². The Morgan fingerprint density at radius 3 is 2.61 bits per heavy atom. The van der Waals surface area contributed by atoms with E-state index in [1.54, 1.807) is 0 Å². The van der Waals surface area contributed by atoms with Gasteiger partial charge in [-0.3, -0.25) is 0 Å². The Morgan fingerprint density at radius 2 is 1.87 bits per heavy atom. The first-order valence-corrected chi connectivity index (χ1v) is 8.84. The average molecular weight is 329 g/mol. The van der Waals surface area contributed by atoms with Gasteiger partial charge in [0.1, 0.15) is 0 Å². The quantitative estimate of drug-likeness (QED) is 0.832. The second kappa shape index (κ2) is 7.48. The highest BCUT2D eigenvalue weighted by Gasteiger charge is 2.38. The molecule has 0 unspecified atom stereocenters. The van der Waals surface area contributed by atoms with Crippen LogP contribution in [0.25, 0.3) is 0 Å². The van der Waals surface area contributed by atoms with Crippen molar-refractivity contribution in [1.82, 2.24) is 10.6 Å². The lowest BCUT2D eigenvalue weighted by Crippen LogP contribution is -2.33. The summed E-state index contributed by atoms with van der Waals surface area (Å²) in [4.78, 5) is 0. The Bertz CT molecular complexity index is 629. The van der Waals surface area contributed by atoms with Gasteiger partial charge in [-0.25, -0.2) is 0 Å². The van der Waals surface area contributed by atoms with Gasteiger partial charge in [0, 0.05) is 36.1 Å². The smallest absolute Gasteiger partial charge is 0.0450 e. The summed E-state index contributed by atoms with van der Waals surface area (Å²) in [5.41, 5.74) is 2.90. The molecule has 0 aromatic heterocycles. The van der Waals surface area contributed by atoms with Crippen LogP contribution in [0.3, 0.4) is 0 Å². The molecule has 1 aliphatic heterocycles. The van der Waals surface area contributed by atoms with Gasteiger partial charge in [0.05, 0.1) is 0 Å². The predicted octanol–water partition coefficient (Wildman–Crippen LogP) is 4.14. The fourth-order valence-electron chi connectivity index (χ4n) is 3.61. The molecule has 1 saturated heterocycles. The van der Waals surface area contributed by atoms with Gasteiger partial charge in [0.25, 0.3) is 0 Å². The van der Waals surface area contributed by atoms with Gasteiger partial charge in [-0.05, 0) is 30.0 Å². The van der Waals surface area contributed by atoms with Crippen LogP contribution in [0.2, 0.25) is 5.02 Å². The van der Waals surface area contributed by atoms with E-state index in [4.69, 9.17) is 11.6 Å². The Hall–Kier alpha value is -1.35. The van der Waals surface area contributed by atoms with E-state index < -0.39 is 0 Å². The zero-order chi connectivity index (χ0) is 16.1. The molecule has 0 radical (unpaired) electrons. The van der Waals surface area contributed by atoms with Crippen LogP contribution >= 0.6 is 11.6 Å². The molecule has 2 aromatic carbocycles. The molecule has 0 bridgehead atoms. The Labute approximate surface area is 144 Å². The molecule has 1 aliphatic rings. The Balaban J connectivity index is 1.56. The highest BCUT2D eigenvalue weighted by Crippen LogP contribution is 2.36. The van der Waals surface area contributed by atoms with E-state index in [0.29, 0.717) is 6.04 Å². The molecule has 0 saturated carbocycles. The van der Waals surface area contributed by atoms with Crippen molar-refractivity contribution in [2.75, 3.05) is 13.1 Å². The highest BCUT2D eigenvalue weighted by molar-refractivity contribution is 6.31. The zero-order valence-electron chi connectivity index (χ0n) is 13.7. The van der Waals surface area contributed by atoms with Gasteiger partial charge in [-0.15, -0.1) is 0 Å². The topological polar surface area (TPSA) is 24.1 Å². The number of benzene rings is 2. The summed E-state index contributed by atoms with van der Waals surface area (Å²) in [7, 11) is 0. The minimum absolute atomic E-state index is 0.276. The van der Waals surface area contributed by atoms with Crippen LogP contribution in [0, 0.1) is 0 Å². The first kappa shape index (κ1) is 16.5. The molecular formula is C20H25ClN2. The van der Waals surface area contributed by atoms with Crippen LogP contribution in [-0.2, 0) is 12.0 Å². The molecule has 2 nitrogen and oxygen atoms in total. The molecule has 0 spiro atoms. The first-order chi connectivity index (χ1) is 11.2. The van der Waals surface area contributed by atoms with Gasteiger partial charge < -0.3 is 10.6 Å². The number of hydrogen-bond acceptors (Lipinski definition) is 2. The second-order valence-electron chi connectivity index (χ2n) is 6.50. The van der Waals surface area contributed by atoms with Crippen molar-refractivity contribution in [2.24, 2.45) is 0 Å². The predicted molar refractivity (Wildman–Crippen MR) is 98.0 cm³/mol. The molecule has 2 N–H and O–H groups in total. The summed E-state index contributed by atoms with van der Waals surface area (Å²) < 4.78 is 0. The number of nitrogens with one attached hydrogen (secondary N) is 2. The summed E-state index contributed by atoms with van der Waals surface area (Å²) in [6.07, 6.45) is 2.36. The summed E-state index contributed by atoms with van der Waals surface area (Å²) in [5, 5.41) is 8.09. The van der Waals surface area contributed by atoms with E-state index in [0.717, 1.165) is 30.2 Å². The normalized spacial score (nSPS) is 24.0. The van der Waals surface area contributed by atoms with Crippen LogP contribution in [0.4, 0.5) is 0 Å². The highest BCUT2D eigenvalue weighted by atomic mass is 35.5. The average Bonchev–Trinajstić information content (AvgIpc) is 3.02. The molecule has 23 heavy (non-hydrogen) atoms. The van der Waals surface area contributed by atoms with E-state index in [-0.39, 0.29) is 5.41 Å². The summed E-state index contributed by atoms with van der Waals surface area (Å²) in [6, 6.07) is 19.5. The number of hydrogen-bond donors (Lipinski definition) is 2. The molecule has 2 atom stereocenters. The zero-order valence-corrected chi connectivity index (χ0v) is 14.4. The van der Waals surface area contributed by atoms with E-state index in [1.165, 1.54) is 18.4 Å². The van der Waals surface area contributed by atoms with Crippen molar-refractivity contribution in [3.63, 3.8) is 0 Å². The first-order valence-electron chi connectivity index (χ1n) is 8.46. The molecule has 2 aromatic rings. The molecule has 0 amide bonds. The van der Waals surface area contributed by atoms with Gasteiger partial charge in [0.15, 0.2) is 0 Å². The van der Waals surface area contributed by atoms with Crippen molar-refractivity contribution >= 4 is 11.6 Å². The van der Waals surface area contributed by atoms with E-state index in [1.807, 2.05) is 18.2 Å². The monoisotopic (exact) mass is 328 g/mol. The van der Waals surface area contributed by atoms with Gasteiger partial charge in [-0.2, -0.15) is 0 Å². The molecule has 1 heterocycles. The van der Waals surface area contributed by atoms with Gasteiger partial charge in [-0.1, -0.05) is 67.1 Å². The SMILES string of the molecule is CC[C@@]1(c2ccccc2)CN[C@@H](CNCc2ccccc2Cl)C1. The second-order valence-corrected chi connectivity index (χ2v) is 6.91. The van der Waals surface area contributed by atoms with Gasteiger partial charge >= 0.3 is 0 Å². The summed E-state index contributed by atoms with van der Waals surface area (Å²) in [6.45, 7) is 5.16. The molecule has 3 rings (SSSR count). The van der Waals surface area contributed by atoms with E-state index in [9.17, 15) is 0 Å². The lowest BCUT2D eigenvalue weighted by Gasteiger charge is -2.27. The summed E-state index contributed by atoms with van der Waals surface area (Å²) in [5.74, 6) is 0. The van der Waals surface area contributed by atoms with Crippen LogP contribution in [0.15, 0.2) is 54.6 Å². The fourth-order valence-corrected chi connectivity index (χ4v) is 3.81. The van der Waals surface area contributed by atoms with E-state index >= 15 is 0 Å². The standard InChI is InChI=1S/C20H25ClN2/c1-2-20(17-9-4-3-5-10-17)12-18(23-15-20)14-22-13-16-8-6-7-11-19(16)21/h3-11,18,22-23H,2,12-15H2,1H3/t18-,20+/m1/s1. The van der Waals surface area contributed by atoms with Crippen LogP contribution < -0.4 is 10.6 Å². The number of halogens is 1. The van der Waals surface area contributed by atoms with Crippen LogP contribution in [-0.4, -0.2) is 19.1 Å². The maximum atomic E-state index is 6.21. The number of rotatable bonds is 6. The molecular weight excluding hydrogens is 304 g/mol. The third kappa shape index (κ3) is 3.77. The fraction of sp³-hybridized carbons (Fsp3) is 0.400. The van der Waals surface area contributed by atoms with Crippen molar-refractivity contribution in [2.45, 2.75) is 37.8 Å². The Morgan fingerprint density at radius 1 is 1.13 bits per heavy atom. The van der Waals surface area contributed by atoms with Crippen LogP contribution in [0.1, 0.15) is 30.9 Å². The minimum Gasteiger partial charge on any atom is -0.312 e.